The zero-order chi connectivity index (χ0) is 15.2. The minimum Gasteiger partial charge on any atom is -0.355 e. The Labute approximate surface area is 140 Å². The van der Waals surface area contributed by atoms with Crippen molar-refractivity contribution in [1.82, 2.24) is 10.2 Å². The van der Waals surface area contributed by atoms with Gasteiger partial charge in [0.05, 0.1) is 0 Å². The van der Waals surface area contributed by atoms with Gasteiger partial charge in [-0.1, -0.05) is 19.9 Å². The Kier molecular flexibility index (Phi) is 7.91. The predicted octanol–water partition coefficient (Wildman–Crippen LogP) is 3.45. The molecule has 0 radical (unpaired) electrons. The molecule has 1 aromatic rings. The van der Waals surface area contributed by atoms with Crippen LogP contribution >= 0.6 is 12.4 Å². The average molecular weight is 325 g/mol. The average Bonchev–Trinajstić information content (AvgIpc) is 2.52. The SMILES string of the molecule is CCCN(CCC)C1CCc2ccc(C(=O)NC)cc2C1.Cl. The Balaban J connectivity index is 0.00000242. The van der Waals surface area contributed by atoms with Crippen molar-refractivity contribution < 1.29 is 4.79 Å². The Morgan fingerprint density at radius 2 is 1.91 bits per heavy atom. The summed E-state index contributed by atoms with van der Waals surface area (Å²) in [7, 11) is 1.69. The maximum absolute atomic E-state index is 11.8. The molecule has 0 fully saturated rings. The van der Waals surface area contributed by atoms with E-state index in [9.17, 15) is 4.79 Å². The van der Waals surface area contributed by atoms with Crippen LogP contribution in [0.5, 0.6) is 0 Å². The number of rotatable bonds is 6. The van der Waals surface area contributed by atoms with Gasteiger partial charge in [-0.2, -0.15) is 0 Å². The lowest BCUT2D eigenvalue weighted by Crippen LogP contribution is -2.40. The van der Waals surface area contributed by atoms with Crippen LogP contribution in [0.2, 0.25) is 0 Å². The van der Waals surface area contributed by atoms with Gasteiger partial charge in [-0.05, 0) is 68.5 Å². The third-order valence-corrected chi connectivity index (χ3v) is 4.44. The first-order valence-electron chi connectivity index (χ1n) is 8.27. The van der Waals surface area contributed by atoms with Crippen LogP contribution in [0.4, 0.5) is 0 Å². The van der Waals surface area contributed by atoms with Gasteiger partial charge in [0.1, 0.15) is 0 Å². The highest BCUT2D eigenvalue weighted by Crippen LogP contribution is 2.26. The number of fused-ring (bicyclic) bond motifs is 1. The van der Waals surface area contributed by atoms with Crippen molar-refractivity contribution in [3.63, 3.8) is 0 Å². The highest BCUT2D eigenvalue weighted by atomic mass is 35.5. The van der Waals surface area contributed by atoms with Gasteiger partial charge in [0, 0.05) is 18.7 Å². The number of amides is 1. The number of carbonyl (C=O) groups is 1. The third-order valence-electron chi connectivity index (χ3n) is 4.44. The second-order valence-corrected chi connectivity index (χ2v) is 6.00. The molecule has 0 aromatic heterocycles. The fraction of sp³-hybridized carbons (Fsp3) is 0.611. The monoisotopic (exact) mass is 324 g/mol. The van der Waals surface area contributed by atoms with Crippen molar-refractivity contribution >= 4 is 18.3 Å². The Bertz CT molecular complexity index is 484. The number of hydrogen-bond acceptors (Lipinski definition) is 2. The molecule has 1 aromatic carbocycles. The number of nitrogens with zero attached hydrogens (tertiary/aromatic N) is 1. The fourth-order valence-electron chi connectivity index (χ4n) is 3.39. The van der Waals surface area contributed by atoms with Crippen LogP contribution in [0.3, 0.4) is 0 Å². The number of aryl methyl sites for hydroxylation is 1. The Morgan fingerprint density at radius 3 is 2.50 bits per heavy atom. The molecule has 0 saturated carbocycles. The summed E-state index contributed by atoms with van der Waals surface area (Å²) in [6, 6.07) is 6.82. The maximum Gasteiger partial charge on any atom is 0.251 e. The van der Waals surface area contributed by atoms with E-state index in [0.717, 1.165) is 18.4 Å². The minimum atomic E-state index is 0. The number of benzene rings is 1. The van der Waals surface area contributed by atoms with Crippen LogP contribution in [0.25, 0.3) is 0 Å². The topological polar surface area (TPSA) is 32.3 Å². The summed E-state index contributed by atoms with van der Waals surface area (Å²) in [6.07, 6.45) is 5.88. The summed E-state index contributed by atoms with van der Waals surface area (Å²) < 4.78 is 0. The lowest BCUT2D eigenvalue weighted by molar-refractivity contribution is 0.0963. The molecule has 1 atom stereocenters. The summed E-state index contributed by atoms with van der Waals surface area (Å²) in [5.74, 6) is 0.0129. The molecule has 4 heteroatoms. The first-order chi connectivity index (χ1) is 10.2. The molecule has 3 nitrogen and oxygen atoms in total. The lowest BCUT2D eigenvalue weighted by atomic mass is 9.86. The van der Waals surface area contributed by atoms with E-state index in [1.54, 1.807) is 7.05 Å². The largest absolute Gasteiger partial charge is 0.355 e. The molecule has 1 aliphatic rings. The molecule has 1 aliphatic carbocycles. The summed E-state index contributed by atoms with van der Waals surface area (Å²) in [6.45, 7) is 6.87. The van der Waals surface area contributed by atoms with Gasteiger partial charge in [-0.25, -0.2) is 0 Å². The molecule has 0 bridgehead atoms. The molecule has 1 amide bonds. The van der Waals surface area contributed by atoms with Gasteiger partial charge >= 0.3 is 0 Å². The molecular formula is C18H29ClN2O. The summed E-state index contributed by atoms with van der Waals surface area (Å²) in [4.78, 5) is 14.4. The van der Waals surface area contributed by atoms with E-state index in [1.807, 2.05) is 6.07 Å². The second kappa shape index (κ2) is 9.16. The quantitative estimate of drug-likeness (QED) is 0.869. The molecule has 1 N–H and O–H groups in total. The van der Waals surface area contributed by atoms with Crippen molar-refractivity contribution in [2.75, 3.05) is 20.1 Å². The third kappa shape index (κ3) is 4.47. The number of carbonyl (C=O) groups excluding carboxylic acids is 1. The molecule has 22 heavy (non-hydrogen) atoms. The van der Waals surface area contributed by atoms with Gasteiger partial charge in [-0.3, -0.25) is 4.79 Å². The van der Waals surface area contributed by atoms with Crippen LogP contribution in [0, 0.1) is 0 Å². The Morgan fingerprint density at radius 1 is 1.23 bits per heavy atom. The van der Waals surface area contributed by atoms with Crippen LogP contribution in [0.1, 0.15) is 54.6 Å². The van der Waals surface area contributed by atoms with Crippen molar-refractivity contribution in [3.8, 4) is 0 Å². The first kappa shape index (κ1) is 19.0. The highest BCUT2D eigenvalue weighted by Gasteiger charge is 2.24. The van der Waals surface area contributed by atoms with Crippen LogP contribution in [0.15, 0.2) is 18.2 Å². The van der Waals surface area contributed by atoms with Gasteiger partial charge in [0.25, 0.3) is 5.91 Å². The maximum atomic E-state index is 11.8. The normalized spacial score (nSPS) is 16.8. The molecule has 0 aliphatic heterocycles. The van der Waals surface area contributed by atoms with Gasteiger partial charge < -0.3 is 10.2 Å². The van der Waals surface area contributed by atoms with Crippen molar-refractivity contribution in [2.24, 2.45) is 0 Å². The van der Waals surface area contributed by atoms with Gasteiger partial charge in [0.2, 0.25) is 0 Å². The zero-order valence-corrected chi connectivity index (χ0v) is 14.8. The van der Waals surface area contributed by atoms with Crippen molar-refractivity contribution in [1.29, 1.82) is 0 Å². The predicted molar refractivity (Wildman–Crippen MR) is 95.0 cm³/mol. The lowest BCUT2D eigenvalue weighted by Gasteiger charge is -2.35. The van der Waals surface area contributed by atoms with E-state index in [-0.39, 0.29) is 18.3 Å². The van der Waals surface area contributed by atoms with E-state index in [1.165, 1.54) is 43.5 Å². The molecule has 124 valence electrons. The van der Waals surface area contributed by atoms with Gasteiger partial charge in [0.15, 0.2) is 0 Å². The standard InChI is InChI=1S/C18H28N2O.ClH/c1-4-10-20(11-5-2)17-9-8-14-6-7-15(18(21)19-3)12-16(14)13-17;/h6-7,12,17H,4-5,8-11,13H2,1-3H3,(H,19,21);1H. The van der Waals surface area contributed by atoms with Crippen molar-refractivity contribution in [2.45, 2.75) is 52.0 Å². The fourth-order valence-corrected chi connectivity index (χ4v) is 3.39. The van der Waals surface area contributed by atoms with E-state index in [4.69, 9.17) is 0 Å². The zero-order valence-electron chi connectivity index (χ0n) is 14.0. The molecule has 0 saturated heterocycles. The minimum absolute atomic E-state index is 0. The number of hydrogen-bond donors (Lipinski definition) is 1. The van der Waals surface area contributed by atoms with E-state index in [2.05, 4.69) is 36.2 Å². The summed E-state index contributed by atoms with van der Waals surface area (Å²) in [5, 5.41) is 2.71. The molecular weight excluding hydrogens is 296 g/mol. The van der Waals surface area contributed by atoms with Crippen LogP contribution < -0.4 is 5.32 Å². The molecule has 1 unspecified atom stereocenters. The van der Waals surface area contributed by atoms with E-state index < -0.39 is 0 Å². The molecule has 0 spiro atoms. The molecule has 0 heterocycles. The smallest absolute Gasteiger partial charge is 0.251 e. The first-order valence-corrected chi connectivity index (χ1v) is 8.27. The summed E-state index contributed by atoms with van der Waals surface area (Å²) in [5.41, 5.74) is 3.57. The molecule has 2 rings (SSSR count). The number of nitrogens with one attached hydrogen (secondary N) is 1. The highest BCUT2D eigenvalue weighted by molar-refractivity contribution is 5.94. The van der Waals surface area contributed by atoms with Crippen LogP contribution in [-0.2, 0) is 12.8 Å². The van der Waals surface area contributed by atoms with Crippen molar-refractivity contribution in [3.05, 3.63) is 34.9 Å². The number of halogens is 1. The van der Waals surface area contributed by atoms with E-state index >= 15 is 0 Å². The Hall–Kier alpha value is -1.06. The second-order valence-electron chi connectivity index (χ2n) is 6.00. The van der Waals surface area contributed by atoms with Gasteiger partial charge in [-0.15, -0.1) is 12.4 Å². The van der Waals surface area contributed by atoms with Crippen LogP contribution in [-0.4, -0.2) is 37.0 Å². The van der Waals surface area contributed by atoms with E-state index in [0.29, 0.717) is 6.04 Å². The summed E-state index contributed by atoms with van der Waals surface area (Å²) >= 11 is 0.